The Kier molecular flexibility index (Phi) is 16.2. The van der Waals surface area contributed by atoms with E-state index in [0.717, 1.165) is 0 Å². The van der Waals surface area contributed by atoms with Crippen molar-refractivity contribution in [2.24, 2.45) is 17.4 Å². The number of rotatable bonds is 17. The topological polar surface area (TPSA) is 177 Å². The molecule has 0 heterocycles. The molecule has 0 aromatic rings. The van der Waals surface area contributed by atoms with Gasteiger partial charge >= 0.3 is 5.97 Å². The van der Waals surface area contributed by atoms with E-state index in [1.807, 2.05) is 20.1 Å². The van der Waals surface area contributed by atoms with Crippen molar-refractivity contribution in [3.05, 3.63) is 0 Å². The highest BCUT2D eigenvalue weighted by atomic mass is 32.2. The molecule has 0 saturated heterocycles. The van der Waals surface area contributed by atoms with E-state index in [9.17, 15) is 24.3 Å². The van der Waals surface area contributed by atoms with Gasteiger partial charge in [0.25, 0.3) is 0 Å². The van der Waals surface area contributed by atoms with Gasteiger partial charge in [-0.05, 0) is 56.6 Å². The molecule has 0 spiro atoms. The predicted molar refractivity (Wildman–Crippen MR) is 131 cm³/mol. The zero-order valence-electron chi connectivity index (χ0n) is 19.1. The summed E-state index contributed by atoms with van der Waals surface area (Å²) in [4.78, 5) is 49.3. The smallest absolute Gasteiger partial charge is 0.326 e. The fraction of sp³-hybridized carbons (Fsp3) is 0.800. The van der Waals surface area contributed by atoms with Crippen molar-refractivity contribution in [1.82, 2.24) is 16.0 Å². The number of carboxylic acids is 1. The van der Waals surface area contributed by atoms with Crippen LogP contribution in [0.15, 0.2) is 0 Å². The van der Waals surface area contributed by atoms with Gasteiger partial charge in [-0.2, -0.15) is 24.4 Å². The van der Waals surface area contributed by atoms with Gasteiger partial charge in [-0.1, -0.05) is 13.8 Å². The Morgan fingerprint density at radius 2 is 1.50 bits per heavy atom. The average molecular weight is 494 g/mol. The molecule has 186 valence electrons. The normalized spacial score (nSPS) is 14.8. The van der Waals surface area contributed by atoms with Crippen LogP contribution < -0.4 is 27.4 Å². The molecule has 0 aliphatic heterocycles. The molecule has 0 saturated carbocycles. The maximum Gasteiger partial charge on any atom is 0.326 e. The summed E-state index contributed by atoms with van der Waals surface area (Å²) in [5, 5.41) is 17.1. The lowest BCUT2D eigenvalue weighted by molar-refractivity contribution is -0.142. The van der Waals surface area contributed by atoms with Gasteiger partial charge in [-0.25, -0.2) is 4.79 Å². The van der Waals surface area contributed by atoms with Crippen molar-refractivity contribution in [3.8, 4) is 0 Å². The van der Waals surface area contributed by atoms with E-state index in [4.69, 9.17) is 11.5 Å². The minimum absolute atomic E-state index is 0.0136. The first-order valence-corrected chi connectivity index (χ1v) is 12.8. The molecule has 0 aliphatic rings. The minimum Gasteiger partial charge on any atom is -0.480 e. The monoisotopic (exact) mass is 493 g/mol. The highest BCUT2D eigenvalue weighted by Gasteiger charge is 2.30. The molecule has 0 fully saturated rings. The minimum atomic E-state index is -1.15. The van der Waals surface area contributed by atoms with Gasteiger partial charge in [0.2, 0.25) is 17.7 Å². The third-order valence-electron chi connectivity index (χ3n) is 4.69. The maximum absolute atomic E-state index is 12.8. The molecule has 4 atom stereocenters. The SMILES string of the molecule is CSCCC(N)C(=O)NC(CS)C(=O)NC(CC(C)C)C(=O)NC(CCCCN)C(=O)O. The summed E-state index contributed by atoms with van der Waals surface area (Å²) < 4.78 is 0. The second kappa shape index (κ2) is 17.0. The molecule has 12 heteroatoms. The maximum atomic E-state index is 12.8. The van der Waals surface area contributed by atoms with Gasteiger partial charge in [0.1, 0.15) is 18.1 Å². The fourth-order valence-electron chi connectivity index (χ4n) is 2.85. The molecule has 32 heavy (non-hydrogen) atoms. The number of carboxylic acid groups (broad SMARTS) is 1. The van der Waals surface area contributed by atoms with Crippen LogP contribution in [0.5, 0.6) is 0 Å². The van der Waals surface area contributed by atoms with E-state index >= 15 is 0 Å². The molecule has 4 unspecified atom stereocenters. The molecule has 3 amide bonds. The molecule has 10 nitrogen and oxygen atoms in total. The summed E-state index contributed by atoms with van der Waals surface area (Å²) in [5.41, 5.74) is 11.3. The van der Waals surface area contributed by atoms with Gasteiger partial charge in [0.15, 0.2) is 0 Å². The number of thioether (sulfide) groups is 1. The summed E-state index contributed by atoms with van der Waals surface area (Å²) in [6, 6.07) is -3.76. The lowest BCUT2D eigenvalue weighted by Gasteiger charge is -2.25. The predicted octanol–water partition coefficient (Wildman–Crippen LogP) is -0.289. The Labute approximate surface area is 200 Å². The van der Waals surface area contributed by atoms with Crippen molar-refractivity contribution in [3.63, 3.8) is 0 Å². The van der Waals surface area contributed by atoms with Crippen LogP contribution in [0, 0.1) is 5.92 Å². The first-order chi connectivity index (χ1) is 15.1. The molecule has 0 aromatic heterocycles. The van der Waals surface area contributed by atoms with Crippen molar-refractivity contribution < 1.29 is 24.3 Å². The molecular formula is C20H39N5O5S2. The number of amides is 3. The van der Waals surface area contributed by atoms with E-state index < -0.39 is 47.9 Å². The first kappa shape index (κ1) is 30.5. The number of nitrogens with one attached hydrogen (secondary N) is 3. The molecule has 0 bridgehead atoms. The van der Waals surface area contributed by atoms with Gasteiger partial charge < -0.3 is 32.5 Å². The third kappa shape index (κ3) is 12.5. The Morgan fingerprint density at radius 3 is 2.00 bits per heavy atom. The van der Waals surface area contributed by atoms with E-state index in [-0.39, 0.29) is 18.1 Å². The van der Waals surface area contributed by atoms with E-state index in [2.05, 4.69) is 28.6 Å². The van der Waals surface area contributed by atoms with Crippen LogP contribution in [0.2, 0.25) is 0 Å². The van der Waals surface area contributed by atoms with Crippen LogP contribution >= 0.6 is 24.4 Å². The lowest BCUT2D eigenvalue weighted by atomic mass is 10.0. The van der Waals surface area contributed by atoms with Crippen LogP contribution in [0.1, 0.15) is 46.0 Å². The standard InChI is InChI=1S/C20H39N5O5S2/c1-12(2)10-15(18(27)23-14(20(29)30)6-4-5-8-21)24-19(28)16(11-31)25-17(26)13(22)7-9-32-3/h12-16,31H,4-11,21-22H2,1-3H3,(H,23,27)(H,24,28)(H,25,26)(H,29,30). The second-order valence-corrected chi connectivity index (χ2v) is 9.36. The van der Waals surface area contributed by atoms with Gasteiger partial charge in [0, 0.05) is 5.75 Å². The number of aliphatic carboxylic acids is 1. The molecule has 0 radical (unpaired) electrons. The highest BCUT2D eigenvalue weighted by Crippen LogP contribution is 2.08. The third-order valence-corrected chi connectivity index (χ3v) is 5.70. The summed E-state index contributed by atoms with van der Waals surface area (Å²) in [5.74, 6) is -2.02. The van der Waals surface area contributed by atoms with Crippen LogP contribution in [-0.2, 0) is 19.2 Å². The van der Waals surface area contributed by atoms with E-state index in [1.54, 1.807) is 11.8 Å². The summed E-state index contributed by atoms with van der Waals surface area (Å²) in [6.07, 6.45) is 4.11. The lowest BCUT2D eigenvalue weighted by Crippen LogP contribution is -2.57. The largest absolute Gasteiger partial charge is 0.480 e. The zero-order chi connectivity index (χ0) is 24.7. The summed E-state index contributed by atoms with van der Waals surface area (Å²) in [7, 11) is 0. The van der Waals surface area contributed by atoms with Gasteiger partial charge in [-0.15, -0.1) is 0 Å². The van der Waals surface area contributed by atoms with E-state index in [1.165, 1.54) is 0 Å². The fourth-order valence-corrected chi connectivity index (χ4v) is 3.59. The average Bonchev–Trinajstić information content (AvgIpc) is 2.73. The van der Waals surface area contributed by atoms with Crippen LogP contribution in [0.25, 0.3) is 0 Å². The second-order valence-electron chi connectivity index (χ2n) is 8.01. The molecular weight excluding hydrogens is 454 g/mol. The number of carbonyl (C=O) groups excluding carboxylic acids is 3. The van der Waals surface area contributed by atoms with Gasteiger partial charge in [0.05, 0.1) is 6.04 Å². The highest BCUT2D eigenvalue weighted by molar-refractivity contribution is 7.98. The summed E-state index contributed by atoms with van der Waals surface area (Å²) >= 11 is 5.70. The first-order valence-electron chi connectivity index (χ1n) is 10.8. The zero-order valence-corrected chi connectivity index (χ0v) is 20.8. The van der Waals surface area contributed by atoms with Crippen LogP contribution in [0.3, 0.4) is 0 Å². The number of thiol groups is 1. The van der Waals surface area contributed by atoms with E-state index in [0.29, 0.717) is 38.0 Å². The number of hydrogen-bond acceptors (Lipinski definition) is 8. The quantitative estimate of drug-likeness (QED) is 0.107. The van der Waals surface area contributed by atoms with Crippen molar-refractivity contribution in [2.75, 3.05) is 24.3 Å². The number of unbranched alkanes of at least 4 members (excludes halogenated alkanes) is 1. The molecule has 8 N–H and O–H groups in total. The number of hydrogen-bond donors (Lipinski definition) is 7. The molecule has 0 aromatic carbocycles. The van der Waals surface area contributed by atoms with Gasteiger partial charge in [-0.3, -0.25) is 14.4 Å². The number of carbonyl (C=O) groups is 4. The molecule has 0 rings (SSSR count). The Morgan fingerprint density at radius 1 is 0.938 bits per heavy atom. The number of nitrogens with two attached hydrogens (primary N) is 2. The molecule has 0 aliphatic carbocycles. The van der Waals surface area contributed by atoms with Crippen LogP contribution in [-0.4, -0.2) is 77.3 Å². The van der Waals surface area contributed by atoms with Crippen molar-refractivity contribution in [2.45, 2.75) is 70.1 Å². The van der Waals surface area contributed by atoms with Crippen molar-refractivity contribution in [1.29, 1.82) is 0 Å². The van der Waals surface area contributed by atoms with Crippen molar-refractivity contribution >= 4 is 48.1 Å². The summed E-state index contributed by atoms with van der Waals surface area (Å²) in [6.45, 7) is 4.19. The Hall–Kier alpha value is -1.50. The van der Waals surface area contributed by atoms with Crippen LogP contribution in [0.4, 0.5) is 0 Å². The Bertz CT molecular complexity index is 609. The Balaban J connectivity index is 5.16.